The minimum atomic E-state index is 0.278. The Kier molecular flexibility index (Phi) is 7.20. The Bertz CT molecular complexity index is 901. The van der Waals surface area contributed by atoms with Crippen molar-refractivity contribution in [3.8, 4) is 17.2 Å². The number of hydrogen-bond acceptors (Lipinski definition) is 7. The molecule has 1 aromatic heterocycles. The summed E-state index contributed by atoms with van der Waals surface area (Å²) in [5, 5.41) is 4.36. The van der Waals surface area contributed by atoms with E-state index < -0.39 is 0 Å². The average molecular weight is 417 g/mol. The Balaban J connectivity index is 1.80. The Morgan fingerprint density at radius 2 is 1.90 bits per heavy atom. The van der Waals surface area contributed by atoms with Crippen LogP contribution in [0.5, 0.6) is 17.2 Å². The SMILES string of the molecule is COc1cc2nc(N(C)C)c(CNCCCN3CCCC3=O)cc2c(OC)c1OC. The average Bonchev–Trinajstić information content (AvgIpc) is 3.15. The number of benzene rings is 1. The molecule has 0 spiro atoms. The first-order chi connectivity index (χ1) is 14.5. The lowest BCUT2D eigenvalue weighted by Crippen LogP contribution is -2.28. The number of amides is 1. The van der Waals surface area contributed by atoms with Gasteiger partial charge in [-0.3, -0.25) is 4.79 Å². The second-order valence-electron chi connectivity index (χ2n) is 7.59. The van der Waals surface area contributed by atoms with Gasteiger partial charge in [0.1, 0.15) is 5.82 Å². The van der Waals surface area contributed by atoms with Crippen molar-refractivity contribution in [2.24, 2.45) is 0 Å². The number of pyridine rings is 1. The van der Waals surface area contributed by atoms with Crippen LogP contribution in [0.3, 0.4) is 0 Å². The van der Waals surface area contributed by atoms with Gasteiger partial charge in [-0.15, -0.1) is 0 Å². The normalized spacial score (nSPS) is 13.8. The lowest BCUT2D eigenvalue weighted by atomic mass is 10.1. The Morgan fingerprint density at radius 3 is 2.50 bits per heavy atom. The molecular weight excluding hydrogens is 384 g/mol. The van der Waals surface area contributed by atoms with E-state index in [0.29, 0.717) is 30.2 Å². The molecule has 1 aromatic carbocycles. The summed E-state index contributed by atoms with van der Waals surface area (Å²) in [6.07, 6.45) is 2.61. The van der Waals surface area contributed by atoms with E-state index in [2.05, 4.69) is 11.4 Å². The van der Waals surface area contributed by atoms with Crippen molar-refractivity contribution >= 4 is 22.6 Å². The summed E-state index contributed by atoms with van der Waals surface area (Å²) in [7, 11) is 8.78. The molecular formula is C22H32N4O4. The topological polar surface area (TPSA) is 76.2 Å². The molecule has 30 heavy (non-hydrogen) atoms. The van der Waals surface area contributed by atoms with E-state index in [1.54, 1.807) is 21.3 Å². The van der Waals surface area contributed by atoms with Crippen LogP contribution in [-0.2, 0) is 11.3 Å². The minimum absolute atomic E-state index is 0.278. The summed E-state index contributed by atoms with van der Waals surface area (Å²) in [6.45, 7) is 3.20. The third kappa shape index (κ3) is 4.53. The molecule has 8 nitrogen and oxygen atoms in total. The van der Waals surface area contributed by atoms with Crippen LogP contribution in [0.25, 0.3) is 10.9 Å². The van der Waals surface area contributed by atoms with Crippen LogP contribution in [0.4, 0.5) is 5.82 Å². The summed E-state index contributed by atoms with van der Waals surface area (Å²) in [5.41, 5.74) is 1.85. The zero-order valence-electron chi connectivity index (χ0n) is 18.6. The van der Waals surface area contributed by atoms with E-state index in [-0.39, 0.29) is 5.91 Å². The first-order valence-corrected chi connectivity index (χ1v) is 10.3. The third-order valence-corrected chi connectivity index (χ3v) is 5.37. The van der Waals surface area contributed by atoms with Crippen molar-refractivity contribution in [1.29, 1.82) is 0 Å². The number of ether oxygens (including phenoxy) is 3. The van der Waals surface area contributed by atoms with Gasteiger partial charge in [0.25, 0.3) is 0 Å². The fourth-order valence-electron chi connectivity index (χ4n) is 3.90. The molecule has 0 radical (unpaired) electrons. The largest absolute Gasteiger partial charge is 0.493 e. The zero-order chi connectivity index (χ0) is 21.7. The van der Waals surface area contributed by atoms with Crippen molar-refractivity contribution in [1.82, 2.24) is 15.2 Å². The highest BCUT2D eigenvalue weighted by atomic mass is 16.5. The second-order valence-corrected chi connectivity index (χ2v) is 7.59. The maximum absolute atomic E-state index is 11.7. The molecule has 1 aliphatic heterocycles. The third-order valence-electron chi connectivity index (χ3n) is 5.37. The quantitative estimate of drug-likeness (QED) is 0.596. The van der Waals surface area contributed by atoms with Gasteiger partial charge >= 0.3 is 0 Å². The number of methoxy groups -OCH3 is 3. The number of nitrogens with one attached hydrogen (secondary N) is 1. The molecule has 0 atom stereocenters. The molecule has 0 saturated carbocycles. The molecule has 1 N–H and O–H groups in total. The number of nitrogens with zero attached hydrogens (tertiary/aromatic N) is 3. The Hall–Kier alpha value is -2.74. The number of anilines is 1. The summed E-state index contributed by atoms with van der Waals surface area (Å²) < 4.78 is 16.6. The lowest BCUT2D eigenvalue weighted by Gasteiger charge is -2.20. The van der Waals surface area contributed by atoms with E-state index in [0.717, 1.165) is 54.8 Å². The van der Waals surface area contributed by atoms with Gasteiger partial charge in [-0.05, 0) is 25.5 Å². The highest BCUT2D eigenvalue weighted by Gasteiger charge is 2.20. The molecule has 0 unspecified atom stereocenters. The van der Waals surface area contributed by atoms with Gasteiger partial charge in [-0.2, -0.15) is 0 Å². The number of hydrogen-bond donors (Lipinski definition) is 1. The molecule has 2 heterocycles. The van der Waals surface area contributed by atoms with Crippen LogP contribution in [0.2, 0.25) is 0 Å². The fourth-order valence-corrected chi connectivity index (χ4v) is 3.90. The predicted molar refractivity (Wildman–Crippen MR) is 118 cm³/mol. The van der Waals surface area contributed by atoms with Crippen molar-refractivity contribution in [3.05, 3.63) is 17.7 Å². The molecule has 1 saturated heterocycles. The smallest absolute Gasteiger partial charge is 0.222 e. The van der Waals surface area contributed by atoms with E-state index >= 15 is 0 Å². The van der Waals surface area contributed by atoms with E-state index in [9.17, 15) is 4.79 Å². The van der Waals surface area contributed by atoms with Crippen molar-refractivity contribution in [2.45, 2.75) is 25.8 Å². The highest BCUT2D eigenvalue weighted by Crippen LogP contribution is 2.43. The van der Waals surface area contributed by atoms with Crippen LogP contribution < -0.4 is 24.4 Å². The standard InChI is InChI=1S/C22H32N4O4/c1-25(2)22-15(14-23-9-7-11-26-10-6-8-19(26)27)12-16-17(24-22)13-18(28-3)21(30-5)20(16)29-4/h12-13,23H,6-11,14H2,1-5H3. The molecule has 0 bridgehead atoms. The van der Waals surface area contributed by atoms with Crippen LogP contribution >= 0.6 is 0 Å². The molecule has 1 aliphatic rings. The molecule has 2 aromatic rings. The second kappa shape index (κ2) is 9.84. The van der Waals surface area contributed by atoms with E-state index in [1.807, 2.05) is 30.0 Å². The van der Waals surface area contributed by atoms with Gasteiger partial charge in [-0.25, -0.2) is 4.98 Å². The zero-order valence-corrected chi connectivity index (χ0v) is 18.6. The van der Waals surface area contributed by atoms with Gasteiger partial charge in [0.2, 0.25) is 11.7 Å². The van der Waals surface area contributed by atoms with Gasteiger partial charge in [0, 0.05) is 57.2 Å². The number of fused-ring (bicyclic) bond motifs is 1. The minimum Gasteiger partial charge on any atom is -0.493 e. The van der Waals surface area contributed by atoms with Crippen molar-refractivity contribution in [3.63, 3.8) is 0 Å². The van der Waals surface area contributed by atoms with Gasteiger partial charge in [0.05, 0.1) is 26.8 Å². The van der Waals surface area contributed by atoms with Crippen LogP contribution in [0.1, 0.15) is 24.8 Å². The first-order valence-electron chi connectivity index (χ1n) is 10.3. The lowest BCUT2D eigenvalue weighted by molar-refractivity contribution is -0.127. The van der Waals surface area contributed by atoms with E-state index in [1.165, 1.54) is 0 Å². The number of likely N-dealkylation sites (tertiary alicyclic amines) is 1. The fraction of sp³-hybridized carbons (Fsp3) is 0.545. The van der Waals surface area contributed by atoms with Gasteiger partial charge in [-0.1, -0.05) is 0 Å². The summed E-state index contributed by atoms with van der Waals surface area (Å²) in [4.78, 5) is 20.5. The predicted octanol–water partition coefficient (Wildman–Crippen LogP) is 2.43. The molecule has 8 heteroatoms. The molecule has 0 aliphatic carbocycles. The maximum Gasteiger partial charge on any atom is 0.222 e. The van der Waals surface area contributed by atoms with Gasteiger partial charge < -0.3 is 29.3 Å². The number of aromatic nitrogens is 1. The molecule has 164 valence electrons. The van der Waals surface area contributed by atoms with Crippen LogP contribution in [-0.4, -0.2) is 70.9 Å². The summed E-state index contributed by atoms with van der Waals surface area (Å²) >= 11 is 0. The number of rotatable bonds is 10. The van der Waals surface area contributed by atoms with E-state index in [4.69, 9.17) is 19.2 Å². The Morgan fingerprint density at radius 1 is 1.13 bits per heavy atom. The van der Waals surface area contributed by atoms with Crippen molar-refractivity contribution in [2.75, 3.05) is 60.0 Å². The number of carbonyl (C=O) groups excluding carboxylic acids is 1. The van der Waals surface area contributed by atoms with Crippen LogP contribution in [0.15, 0.2) is 12.1 Å². The molecule has 1 fully saturated rings. The maximum atomic E-state index is 11.7. The summed E-state index contributed by atoms with van der Waals surface area (Å²) in [5.74, 6) is 2.92. The van der Waals surface area contributed by atoms with Crippen molar-refractivity contribution < 1.29 is 19.0 Å². The van der Waals surface area contributed by atoms with Gasteiger partial charge in [0.15, 0.2) is 11.5 Å². The molecule has 1 amide bonds. The highest BCUT2D eigenvalue weighted by molar-refractivity contribution is 5.92. The Labute approximate surface area is 178 Å². The number of carbonyl (C=O) groups is 1. The first kappa shape index (κ1) is 22.0. The molecule has 3 rings (SSSR count). The van der Waals surface area contributed by atoms with Crippen LogP contribution in [0, 0.1) is 0 Å². The summed E-state index contributed by atoms with van der Waals surface area (Å²) in [6, 6.07) is 3.96. The monoisotopic (exact) mass is 416 g/mol.